The number of pyridine rings is 1. The van der Waals surface area contributed by atoms with Gasteiger partial charge < -0.3 is 0 Å². The number of hydrogen-bond acceptors (Lipinski definition) is 2. The minimum atomic E-state index is -0.129. The van der Waals surface area contributed by atoms with E-state index in [1.165, 1.54) is 0 Å². The highest BCUT2D eigenvalue weighted by Gasteiger charge is 2.23. The molecule has 2 aromatic rings. The number of thiophene rings is 1. The maximum atomic E-state index is 6.50. The summed E-state index contributed by atoms with van der Waals surface area (Å²) in [5, 5.41) is 2.70. The van der Waals surface area contributed by atoms with Crippen LogP contribution in [0.5, 0.6) is 0 Å². The van der Waals surface area contributed by atoms with E-state index < -0.39 is 0 Å². The molecular formula is C13H13Cl2NS. The smallest absolute Gasteiger partial charge is 0.0774 e. The molecule has 0 saturated carbocycles. The van der Waals surface area contributed by atoms with Crippen LogP contribution in [0.1, 0.15) is 34.4 Å². The summed E-state index contributed by atoms with van der Waals surface area (Å²) in [6, 6.07) is 5.87. The number of halogens is 2. The van der Waals surface area contributed by atoms with E-state index in [-0.39, 0.29) is 11.3 Å². The largest absolute Gasteiger partial charge is 0.261 e. The summed E-state index contributed by atoms with van der Waals surface area (Å²) in [6.07, 6.45) is 1.79. The Morgan fingerprint density at radius 2 is 2.12 bits per heavy atom. The molecule has 2 rings (SSSR count). The third kappa shape index (κ3) is 2.65. The van der Waals surface area contributed by atoms with E-state index in [4.69, 9.17) is 23.2 Å². The zero-order chi connectivity index (χ0) is 12.4. The van der Waals surface area contributed by atoms with E-state index >= 15 is 0 Å². The van der Waals surface area contributed by atoms with Crippen LogP contribution in [0.25, 0.3) is 0 Å². The van der Waals surface area contributed by atoms with Crippen molar-refractivity contribution in [1.29, 1.82) is 0 Å². The van der Waals surface area contributed by atoms with Gasteiger partial charge in [-0.1, -0.05) is 24.6 Å². The maximum absolute atomic E-state index is 6.50. The van der Waals surface area contributed by atoms with Crippen LogP contribution in [0.4, 0.5) is 0 Å². The normalized spacial score (nSPS) is 14.6. The van der Waals surface area contributed by atoms with Gasteiger partial charge >= 0.3 is 0 Å². The van der Waals surface area contributed by atoms with Crippen LogP contribution in [0.15, 0.2) is 29.8 Å². The third-order valence-corrected chi connectivity index (χ3v) is 5.29. The van der Waals surface area contributed by atoms with Gasteiger partial charge in [-0.15, -0.1) is 22.9 Å². The first-order chi connectivity index (χ1) is 8.11. The molecule has 0 aromatic carbocycles. The first-order valence-corrected chi connectivity index (χ1v) is 7.09. The monoisotopic (exact) mass is 285 g/mol. The number of hydrogen-bond donors (Lipinski definition) is 0. The first kappa shape index (κ1) is 12.9. The minimum absolute atomic E-state index is 0.129. The molecule has 2 heterocycles. The molecule has 0 aliphatic carbocycles. The van der Waals surface area contributed by atoms with E-state index in [0.717, 1.165) is 21.2 Å². The van der Waals surface area contributed by atoms with Gasteiger partial charge in [-0.2, -0.15) is 0 Å². The standard InChI is InChI=1S/C13H13Cl2NS/c1-8-7-17-13(11(8)14)12(15)9(2)10-5-3-4-6-16-10/h3-7,9,12H,1-2H3. The Morgan fingerprint density at radius 3 is 2.65 bits per heavy atom. The lowest BCUT2D eigenvalue weighted by atomic mass is 10.0. The molecule has 0 aliphatic heterocycles. The number of rotatable bonds is 3. The quantitative estimate of drug-likeness (QED) is 0.708. The van der Waals surface area contributed by atoms with Crippen molar-refractivity contribution in [3.8, 4) is 0 Å². The Morgan fingerprint density at radius 1 is 1.35 bits per heavy atom. The van der Waals surface area contributed by atoms with E-state index in [2.05, 4.69) is 11.9 Å². The molecule has 90 valence electrons. The first-order valence-electron chi connectivity index (χ1n) is 5.39. The summed E-state index contributed by atoms with van der Waals surface area (Å²) in [4.78, 5) is 5.37. The van der Waals surface area contributed by atoms with Crippen LogP contribution in [0, 0.1) is 6.92 Å². The molecule has 0 fully saturated rings. The second-order valence-corrected chi connectivity index (χ2v) is 5.80. The van der Waals surface area contributed by atoms with Crippen molar-refractivity contribution < 1.29 is 0 Å². The van der Waals surface area contributed by atoms with E-state index in [0.29, 0.717) is 0 Å². The van der Waals surface area contributed by atoms with Gasteiger partial charge in [-0.25, -0.2) is 0 Å². The van der Waals surface area contributed by atoms with Crippen molar-refractivity contribution in [1.82, 2.24) is 4.98 Å². The van der Waals surface area contributed by atoms with Gasteiger partial charge in [0.25, 0.3) is 0 Å². The minimum Gasteiger partial charge on any atom is -0.261 e. The molecular weight excluding hydrogens is 273 g/mol. The van der Waals surface area contributed by atoms with E-state index in [9.17, 15) is 0 Å². The lowest BCUT2D eigenvalue weighted by Gasteiger charge is -2.16. The molecule has 4 heteroatoms. The van der Waals surface area contributed by atoms with E-state index in [1.807, 2.05) is 30.5 Å². The van der Waals surface area contributed by atoms with Gasteiger partial charge in [-0.3, -0.25) is 4.98 Å². The highest BCUT2D eigenvalue weighted by Crippen LogP contribution is 2.42. The molecule has 0 aliphatic rings. The molecule has 17 heavy (non-hydrogen) atoms. The summed E-state index contributed by atoms with van der Waals surface area (Å²) >= 11 is 14.4. The van der Waals surface area contributed by atoms with Gasteiger partial charge in [0, 0.05) is 22.7 Å². The highest BCUT2D eigenvalue weighted by molar-refractivity contribution is 7.11. The summed E-state index contributed by atoms with van der Waals surface area (Å²) in [7, 11) is 0. The Balaban J connectivity index is 2.26. The van der Waals surface area contributed by atoms with Crippen molar-refractivity contribution in [3.63, 3.8) is 0 Å². The van der Waals surface area contributed by atoms with Crippen LogP contribution >= 0.6 is 34.5 Å². The number of alkyl halides is 1. The van der Waals surface area contributed by atoms with Gasteiger partial charge in [0.05, 0.1) is 10.4 Å². The van der Waals surface area contributed by atoms with Crippen molar-refractivity contribution in [3.05, 3.63) is 50.9 Å². The summed E-state index contributed by atoms with van der Waals surface area (Å²) in [5.74, 6) is 0.147. The second kappa shape index (κ2) is 5.38. The lowest BCUT2D eigenvalue weighted by molar-refractivity contribution is 0.715. The van der Waals surface area contributed by atoms with Crippen molar-refractivity contribution in [2.24, 2.45) is 0 Å². The van der Waals surface area contributed by atoms with Gasteiger partial charge in [0.1, 0.15) is 0 Å². The van der Waals surface area contributed by atoms with Crippen LogP contribution in [0.2, 0.25) is 5.02 Å². The summed E-state index contributed by atoms with van der Waals surface area (Å²) in [5.41, 5.74) is 2.08. The van der Waals surface area contributed by atoms with Gasteiger partial charge in [0.2, 0.25) is 0 Å². The van der Waals surface area contributed by atoms with E-state index in [1.54, 1.807) is 17.5 Å². The summed E-state index contributed by atoms with van der Waals surface area (Å²) < 4.78 is 0. The predicted molar refractivity (Wildman–Crippen MR) is 75.3 cm³/mol. The molecule has 1 nitrogen and oxygen atoms in total. The molecule has 2 atom stereocenters. The fourth-order valence-corrected chi connectivity index (χ4v) is 3.50. The zero-order valence-corrected chi connectivity index (χ0v) is 12.0. The molecule has 0 radical (unpaired) electrons. The van der Waals surface area contributed by atoms with Crippen LogP contribution in [-0.4, -0.2) is 4.98 Å². The lowest BCUT2D eigenvalue weighted by Crippen LogP contribution is -2.03. The second-order valence-electron chi connectivity index (χ2n) is 4.04. The third-order valence-electron chi connectivity index (χ3n) is 2.77. The van der Waals surface area contributed by atoms with Crippen LogP contribution in [-0.2, 0) is 0 Å². The molecule has 2 aromatic heterocycles. The fraction of sp³-hybridized carbons (Fsp3) is 0.308. The number of aromatic nitrogens is 1. The average molecular weight is 286 g/mol. The Kier molecular flexibility index (Phi) is 4.08. The molecule has 0 spiro atoms. The molecule has 0 saturated heterocycles. The highest BCUT2D eigenvalue weighted by atomic mass is 35.5. The zero-order valence-electron chi connectivity index (χ0n) is 9.65. The van der Waals surface area contributed by atoms with Crippen molar-refractivity contribution >= 4 is 34.5 Å². The summed E-state index contributed by atoms with van der Waals surface area (Å²) in [6.45, 7) is 4.07. The Hall–Kier alpha value is -0.570. The topological polar surface area (TPSA) is 12.9 Å². The average Bonchev–Trinajstić information content (AvgIpc) is 2.69. The SMILES string of the molecule is Cc1csc(C(Cl)C(C)c2ccccn2)c1Cl. The Labute approximate surface area is 115 Å². The fourth-order valence-electron chi connectivity index (χ4n) is 1.66. The predicted octanol–water partition coefficient (Wildman–Crippen LogP) is 5.19. The van der Waals surface area contributed by atoms with Crippen LogP contribution < -0.4 is 0 Å². The number of nitrogens with zero attached hydrogens (tertiary/aromatic N) is 1. The maximum Gasteiger partial charge on any atom is 0.0774 e. The molecule has 2 unspecified atom stereocenters. The molecule has 0 N–H and O–H groups in total. The Bertz CT molecular complexity index is 495. The molecule has 0 bridgehead atoms. The van der Waals surface area contributed by atoms with Crippen molar-refractivity contribution in [2.75, 3.05) is 0 Å². The number of aryl methyl sites for hydroxylation is 1. The van der Waals surface area contributed by atoms with Gasteiger partial charge in [-0.05, 0) is 30.0 Å². The molecule has 0 amide bonds. The van der Waals surface area contributed by atoms with Gasteiger partial charge in [0.15, 0.2) is 0 Å². The van der Waals surface area contributed by atoms with Crippen molar-refractivity contribution in [2.45, 2.75) is 25.1 Å². The van der Waals surface area contributed by atoms with Crippen LogP contribution in [0.3, 0.4) is 0 Å².